The molecule has 2 aromatic rings. The molecular formula is C6H4N4S2. The standard InChI is InChI=1S/C6H4N4S2/c1-3-11-5(7-1)9-10-6-8-2-4-12-6/h1-4H/b10-9+. The van der Waals surface area contributed by atoms with Crippen LogP contribution in [0, 0.1) is 0 Å². The molecule has 0 fully saturated rings. The molecule has 0 saturated carbocycles. The summed E-state index contributed by atoms with van der Waals surface area (Å²) in [5.41, 5.74) is 0. The number of thiazole rings is 2. The van der Waals surface area contributed by atoms with Crippen molar-refractivity contribution in [1.82, 2.24) is 9.97 Å². The molecule has 2 heterocycles. The molecule has 2 aromatic heterocycles. The molecule has 0 bridgehead atoms. The number of nitrogens with zero attached hydrogens (tertiary/aromatic N) is 4. The lowest BCUT2D eigenvalue weighted by Crippen LogP contribution is -1.57. The molecule has 0 aliphatic heterocycles. The van der Waals surface area contributed by atoms with Crippen molar-refractivity contribution in [3.8, 4) is 0 Å². The molecule has 0 unspecified atom stereocenters. The molecule has 0 amide bonds. The van der Waals surface area contributed by atoms with E-state index in [1.807, 2.05) is 10.8 Å². The van der Waals surface area contributed by atoms with Crippen molar-refractivity contribution in [3.63, 3.8) is 0 Å². The molecule has 60 valence electrons. The summed E-state index contributed by atoms with van der Waals surface area (Å²) in [6.45, 7) is 0. The van der Waals surface area contributed by atoms with Gasteiger partial charge < -0.3 is 0 Å². The van der Waals surface area contributed by atoms with Crippen LogP contribution in [-0.4, -0.2) is 9.97 Å². The van der Waals surface area contributed by atoms with Gasteiger partial charge in [-0.2, -0.15) is 0 Å². The molecule has 12 heavy (non-hydrogen) atoms. The number of rotatable bonds is 2. The first-order chi connectivity index (χ1) is 5.95. The van der Waals surface area contributed by atoms with Crippen molar-refractivity contribution < 1.29 is 0 Å². The Kier molecular flexibility index (Phi) is 2.19. The van der Waals surface area contributed by atoms with E-state index in [2.05, 4.69) is 20.2 Å². The van der Waals surface area contributed by atoms with Crippen LogP contribution in [0.3, 0.4) is 0 Å². The zero-order valence-corrected chi connectivity index (χ0v) is 7.55. The van der Waals surface area contributed by atoms with Crippen LogP contribution < -0.4 is 0 Å². The Morgan fingerprint density at radius 2 is 1.42 bits per heavy atom. The molecule has 0 saturated heterocycles. The predicted molar refractivity (Wildman–Crippen MR) is 48.4 cm³/mol. The maximum atomic E-state index is 3.95. The first kappa shape index (κ1) is 7.51. The average Bonchev–Trinajstić information content (AvgIpc) is 2.74. The van der Waals surface area contributed by atoms with E-state index in [9.17, 15) is 0 Å². The highest BCUT2D eigenvalue weighted by molar-refractivity contribution is 7.13. The topological polar surface area (TPSA) is 50.5 Å². The fraction of sp³-hybridized carbons (Fsp3) is 0. The van der Waals surface area contributed by atoms with Crippen molar-refractivity contribution in [2.24, 2.45) is 10.2 Å². The lowest BCUT2D eigenvalue weighted by molar-refractivity contribution is 1.17. The van der Waals surface area contributed by atoms with E-state index in [-0.39, 0.29) is 0 Å². The lowest BCUT2D eigenvalue weighted by Gasteiger charge is -1.78. The third-order valence-corrected chi connectivity index (χ3v) is 2.37. The van der Waals surface area contributed by atoms with E-state index >= 15 is 0 Å². The summed E-state index contributed by atoms with van der Waals surface area (Å²) in [5, 5.41) is 12.8. The van der Waals surface area contributed by atoms with Gasteiger partial charge in [-0.25, -0.2) is 9.97 Å². The van der Waals surface area contributed by atoms with Crippen molar-refractivity contribution in [2.45, 2.75) is 0 Å². The maximum Gasteiger partial charge on any atom is 0.229 e. The Bertz CT molecular complexity index is 315. The molecule has 2 rings (SSSR count). The number of hydrogen-bond acceptors (Lipinski definition) is 6. The molecule has 4 nitrogen and oxygen atoms in total. The van der Waals surface area contributed by atoms with Crippen LogP contribution in [-0.2, 0) is 0 Å². The summed E-state index contributed by atoms with van der Waals surface area (Å²) in [5.74, 6) is 0. The van der Waals surface area contributed by atoms with Gasteiger partial charge in [0.1, 0.15) is 0 Å². The van der Waals surface area contributed by atoms with Gasteiger partial charge in [0.05, 0.1) is 0 Å². The number of hydrogen-bond donors (Lipinski definition) is 0. The van der Waals surface area contributed by atoms with Gasteiger partial charge in [0, 0.05) is 23.2 Å². The van der Waals surface area contributed by atoms with Gasteiger partial charge in [-0.1, -0.05) is 0 Å². The third-order valence-electron chi connectivity index (χ3n) is 1.06. The minimum absolute atomic E-state index is 0.658. The average molecular weight is 196 g/mol. The van der Waals surface area contributed by atoms with Gasteiger partial charge in [-0.3, -0.25) is 0 Å². The Balaban J connectivity index is 2.14. The molecule has 0 radical (unpaired) electrons. The molecule has 0 aromatic carbocycles. The second-order valence-corrected chi connectivity index (χ2v) is 3.58. The summed E-state index contributed by atoms with van der Waals surface area (Å²) in [7, 11) is 0. The fourth-order valence-corrected chi connectivity index (χ4v) is 1.52. The Hall–Kier alpha value is -1.14. The van der Waals surface area contributed by atoms with Gasteiger partial charge in [0.15, 0.2) is 0 Å². The van der Waals surface area contributed by atoms with Gasteiger partial charge in [-0.05, 0) is 0 Å². The zero-order chi connectivity index (χ0) is 8.23. The highest BCUT2D eigenvalue weighted by atomic mass is 32.1. The smallest absolute Gasteiger partial charge is 0.226 e. The summed E-state index contributed by atoms with van der Waals surface area (Å²) in [6, 6.07) is 0. The molecule has 0 N–H and O–H groups in total. The number of aromatic nitrogens is 2. The summed E-state index contributed by atoms with van der Waals surface area (Å²) in [4.78, 5) is 7.90. The highest BCUT2D eigenvalue weighted by Crippen LogP contribution is 2.20. The lowest BCUT2D eigenvalue weighted by atomic mass is 11.0. The van der Waals surface area contributed by atoms with Crippen LogP contribution in [0.2, 0.25) is 0 Å². The minimum atomic E-state index is 0.658. The Morgan fingerprint density at radius 1 is 0.917 bits per heavy atom. The van der Waals surface area contributed by atoms with Crippen LogP contribution in [0.4, 0.5) is 10.3 Å². The maximum absolute atomic E-state index is 3.95. The first-order valence-electron chi connectivity index (χ1n) is 3.16. The zero-order valence-electron chi connectivity index (χ0n) is 5.91. The summed E-state index contributed by atoms with van der Waals surface area (Å²) >= 11 is 2.90. The van der Waals surface area contributed by atoms with E-state index < -0.39 is 0 Å². The monoisotopic (exact) mass is 196 g/mol. The molecule has 0 spiro atoms. The highest BCUT2D eigenvalue weighted by Gasteiger charge is 1.92. The van der Waals surface area contributed by atoms with E-state index in [1.165, 1.54) is 22.7 Å². The van der Waals surface area contributed by atoms with Crippen LogP contribution >= 0.6 is 22.7 Å². The van der Waals surface area contributed by atoms with Gasteiger partial charge >= 0.3 is 0 Å². The van der Waals surface area contributed by atoms with Crippen molar-refractivity contribution >= 4 is 32.9 Å². The van der Waals surface area contributed by atoms with Gasteiger partial charge in [0.25, 0.3) is 0 Å². The van der Waals surface area contributed by atoms with Crippen molar-refractivity contribution in [3.05, 3.63) is 23.2 Å². The summed E-state index contributed by atoms with van der Waals surface area (Å²) in [6.07, 6.45) is 3.39. The quantitative estimate of drug-likeness (QED) is 0.693. The Morgan fingerprint density at radius 3 is 1.75 bits per heavy atom. The van der Waals surface area contributed by atoms with Crippen LogP contribution in [0.1, 0.15) is 0 Å². The van der Waals surface area contributed by atoms with Crippen molar-refractivity contribution in [1.29, 1.82) is 0 Å². The largest absolute Gasteiger partial charge is 0.229 e. The van der Waals surface area contributed by atoms with Gasteiger partial charge in [-0.15, -0.1) is 32.9 Å². The first-order valence-corrected chi connectivity index (χ1v) is 4.92. The predicted octanol–water partition coefficient (Wildman–Crippen LogP) is 3.02. The van der Waals surface area contributed by atoms with Crippen molar-refractivity contribution in [2.75, 3.05) is 0 Å². The fourth-order valence-electron chi connectivity index (χ4n) is 0.616. The van der Waals surface area contributed by atoms with E-state index in [1.54, 1.807) is 12.4 Å². The van der Waals surface area contributed by atoms with Gasteiger partial charge in [0.2, 0.25) is 10.3 Å². The minimum Gasteiger partial charge on any atom is -0.226 e. The Labute approximate surface area is 76.7 Å². The normalized spacial score (nSPS) is 11.0. The van der Waals surface area contributed by atoms with E-state index in [0.29, 0.717) is 10.3 Å². The van der Waals surface area contributed by atoms with E-state index in [4.69, 9.17) is 0 Å². The third kappa shape index (κ3) is 1.72. The second-order valence-electron chi connectivity index (χ2n) is 1.83. The van der Waals surface area contributed by atoms with Crippen LogP contribution in [0.25, 0.3) is 0 Å². The molecule has 6 heteroatoms. The second kappa shape index (κ2) is 3.51. The van der Waals surface area contributed by atoms with Crippen LogP contribution in [0.5, 0.6) is 0 Å². The molecular weight excluding hydrogens is 192 g/mol. The SMILES string of the molecule is c1csc(/N=N/c2nccs2)n1. The van der Waals surface area contributed by atoms with Crippen LogP contribution in [0.15, 0.2) is 33.4 Å². The van der Waals surface area contributed by atoms with E-state index in [0.717, 1.165) is 0 Å². The summed E-state index contributed by atoms with van der Waals surface area (Å²) < 4.78 is 0. The molecule has 0 aliphatic carbocycles. The molecule has 0 atom stereocenters. The molecule has 0 aliphatic rings. The number of azo groups is 1.